The first kappa shape index (κ1) is 9.48. The largest absolute Gasteiger partial charge is 0.102 e. The van der Waals surface area contributed by atoms with Crippen LogP contribution in [0.5, 0.6) is 0 Å². The molecule has 0 aromatic heterocycles. The van der Waals surface area contributed by atoms with Crippen LogP contribution >= 0.6 is 0 Å². The van der Waals surface area contributed by atoms with E-state index in [1.165, 1.54) is 12.8 Å². The van der Waals surface area contributed by atoms with E-state index in [4.69, 9.17) is 0 Å². The molecule has 0 heteroatoms. The molecule has 1 unspecified atom stereocenters. The van der Waals surface area contributed by atoms with Crippen LogP contribution in [0.25, 0.3) is 0 Å². The van der Waals surface area contributed by atoms with Gasteiger partial charge in [-0.2, -0.15) is 0 Å². The third-order valence-electron chi connectivity index (χ3n) is 1.98. The summed E-state index contributed by atoms with van der Waals surface area (Å²) in [5.74, 6) is 1.30. The first-order valence-electron chi connectivity index (χ1n) is 3.99. The zero-order chi connectivity index (χ0) is 7.98. The summed E-state index contributed by atoms with van der Waals surface area (Å²) in [7, 11) is 0. The van der Waals surface area contributed by atoms with E-state index in [2.05, 4.69) is 27.0 Å². The van der Waals surface area contributed by atoms with Gasteiger partial charge in [0.25, 0.3) is 0 Å². The maximum atomic E-state index is 3.75. The summed E-state index contributed by atoms with van der Waals surface area (Å²) in [4.78, 5) is 0. The van der Waals surface area contributed by atoms with Gasteiger partial charge in [0.1, 0.15) is 0 Å². The Labute approximate surface area is 64.6 Å². The zero-order valence-electron chi connectivity index (χ0n) is 7.14. The first-order chi connectivity index (χ1) is 4.74. The Morgan fingerprint density at radius 1 is 1.30 bits per heavy atom. The Morgan fingerprint density at radius 3 is 2.10 bits per heavy atom. The average Bonchev–Trinajstić information content (AvgIpc) is 1.99. The predicted octanol–water partition coefficient (Wildman–Crippen LogP) is 3.41. The zero-order valence-corrected chi connectivity index (χ0v) is 7.14. The first-order valence-corrected chi connectivity index (χ1v) is 3.99. The molecule has 1 atom stereocenters. The normalized spacial score (nSPS) is 13.1. The van der Waals surface area contributed by atoms with Crippen molar-refractivity contribution < 1.29 is 0 Å². The molecule has 0 N–H and O–H groups in total. The molecule has 0 saturated carbocycles. The Kier molecular flexibility index (Phi) is 5.00. The number of hydrogen-bond acceptors (Lipinski definition) is 0. The third kappa shape index (κ3) is 3.49. The predicted molar refractivity (Wildman–Crippen MR) is 48.0 cm³/mol. The van der Waals surface area contributed by atoms with E-state index >= 15 is 0 Å². The van der Waals surface area contributed by atoms with Crippen molar-refractivity contribution in [1.82, 2.24) is 0 Å². The molecule has 0 aliphatic carbocycles. The van der Waals surface area contributed by atoms with E-state index in [1.807, 2.05) is 12.2 Å². The molecule has 0 aliphatic rings. The topological polar surface area (TPSA) is 0 Å². The summed E-state index contributed by atoms with van der Waals surface area (Å²) >= 11 is 0. The van der Waals surface area contributed by atoms with Crippen LogP contribution in [0, 0.1) is 11.8 Å². The Balaban J connectivity index is 3.61. The quantitative estimate of drug-likeness (QED) is 0.511. The molecule has 0 fully saturated rings. The summed E-state index contributed by atoms with van der Waals surface area (Å²) in [6.07, 6.45) is 6.39. The third-order valence-corrected chi connectivity index (χ3v) is 1.98. The van der Waals surface area contributed by atoms with Crippen LogP contribution in [0.15, 0.2) is 25.3 Å². The Hall–Kier alpha value is -0.520. The van der Waals surface area contributed by atoms with Crippen LogP contribution in [0.2, 0.25) is 0 Å². The van der Waals surface area contributed by atoms with Gasteiger partial charge < -0.3 is 0 Å². The molecule has 58 valence electrons. The van der Waals surface area contributed by atoms with Crippen molar-refractivity contribution in [3.05, 3.63) is 25.3 Å². The Bertz CT molecular complexity index is 94.6. The van der Waals surface area contributed by atoms with E-state index in [-0.39, 0.29) is 0 Å². The van der Waals surface area contributed by atoms with Gasteiger partial charge in [-0.1, -0.05) is 32.4 Å². The van der Waals surface area contributed by atoms with E-state index in [0.717, 1.165) is 5.92 Å². The highest BCUT2D eigenvalue weighted by Gasteiger charge is 2.03. The lowest BCUT2D eigenvalue weighted by Crippen LogP contribution is -1.99. The van der Waals surface area contributed by atoms with Crippen molar-refractivity contribution in [3.63, 3.8) is 0 Å². The standard InChI is InChI=1S/C10H18/c1-5-9(4)8-10(6-2)7-3/h6-7,9-10H,2-3,5,8H2,1,4H3. The summed E-state index contributed by atoms with van der Waals surface area (Å²) in [5.41, 5.74) is 0. The average molecular weight is 138 g/mol. The second-order valence-corrected chi connectivity index (χ2v) is 2.88. The molecule has 0 aliphatic heterocycles. The SMILES string of the molecule is C=CC(C=C)CC(C)CC. The Morgan fingerprint density at radius 2 is 1.80 bits per heavy atom. The van der Waals surface area contributed by atoms with Crippen molar-refractivity contribution in [1.29, 1.82) is 0 Å². The molecule has 0 bridgehead atoms. The molecule has 0 aromatic carbocycles. The van der Waals surface area contributed by atoms with Gasteiger partial charge in [0, 0.05) is 0 Å². The molecule has 0 amide bonds. The van der Waals surface area contributed by atoms with E-state index in [0.29, 0.717) is 5.92 Å². The molecule has 0 radical (unpaired) electrons. The molecule has 10 heavy (non-hydrogen) atoms. The number of allylic oxidation sites excluding steroid dienone is 2. The van der Waals surface area contributed by atoms with Crippen LogP contribution in [-0.4, -0.2) is 0 Å². The van der Waals surface area contributed by atoms with Crippen molar-refractivity contribution >= 4 is 0 Å². The number of rotatable bonds is 5. The summed E-state index contributed by atoms with van der Waals surface area (Å²) in [6, 6.07) is 0. The fourth-order valence-corrected chi connectivity index (χ4v) is 0.920. The van der Waals surface area contributed by atoms with Gasteiger partial charge in [0.05, 0.1) is 0 Å². The second-order valence-electron chi connectivity index (χ2n) is 2.88. The van der Waals surface area contributed by atoms with Gasteiger partial charge in [0.15, 0.2) is 0 Å². The summed E-state index contributed by atoms with van der Waals surface area (Å²) < 4.78 is 0. The maximum absolute atomic E-state index is 3.75. The summed E-state index contributed by atoms with van der Waals surface area (Å²) in [5, 5.41) is 0. The molecule has 0 spiro atoms. The highest BCUT2D eigenvalue weighted by atomic mass is 14.1. The fraction of sp³-hybridized carbons (Fsp3) is 0.600. The molecular weight excluding hydrogens is 120 g/mol. The molecule has 0 heterocycles. The fourth-order valence-electron chi connectivity index (χ4n) is 0.920. The van der Waals surface area contributed by atoms with Crippen molar-refractivity contribution in [2.45, 2.75) is 26.7 Å². The monoisotopic (exact) mass is 138 g/mol. The van der Waals surface area contributed by atoms with Crippen LogP contribution in [0.4, 0.5) is 0 Å². The molecule has 0 saturated heterocycles. The van der Waals surface area contributed by atoms with Gasteiger partial charge in [0.2, 0.25) is 0 Å². The van der Waals surface area contributed by atoms with Gasteiger partial charge >= 0.3 is 0 Å². The molecule has 0 rings (SSSR count). The number of hydrogen-bond donors (Lipinski definition) is 0. The van der Waals surface area contributed by atoms with Gasteiger partial charge in [-0.3, -0.25) is 0 Å². The molecular formula is C10H18. The lowest BCUT2D eigenvalue weighted by atomic mass is 9.94. The van der Waals surface area contributed by atoms with E-state index in [1.54, 1.807) is 0 Å². The van der Waals surface area contributed by atoms with Crippen LogP contribution in [0.3, 0.4) is 0 Å². The lowest BCUT2D eigenvalue weighted by molar-refractivity contribution is 0.477. The van der Waals surface area contributed by atoms with Crippen LogP contribution in [0.1, 0.15) is 26.7 Å². The minimum absolute atomic E-state index is 0.509. The molecule has 0 nitrogen and oxygen atoms in total. The van der Waals surface area contributed by atoms with Gasteiger partial charge in [-0.15, -0.1) is 13.2 Å². The van der Waals surface area contributed by atoms with Crippen molar-refractivity contribution in [2.24, 2.45) is 11.8 Å². The molecule has 0 aromatic rings. The summed E-state index contributed by atoms with van der Waals surface area (Å²) in [6.45, 7) is 12.0. The van der Waals surface area contributed by atoms with Crippen LogP contribution in [-0.2, 0) is 0 Å². The minimum atomic E-state index is 0.509. The lowest BCUT2D eigenvalue weighted by Gasteiger charge is -2.11. The smallest absolute Gasteiger partial charge is 0.00563 e. The maximum Gasteiger partial charge on any atom is -0.00563 e. The van der Waals surface area contributed by atoms with Crippen molar-refractivity contribution in [2.75, 3.05) is 0 Å². The van der Waals surface area contributed by atoms with Gasteiger partial charge in [-0.05, 0) is 18.3 Å². The van der Waals surface area contributed by atoms with E-state index in [9.17, 15) is 0 Å². The van der Waals surface area contributed by atoms with E-state index < -0.39 is 0 Å². The van der Waals surface area contributed by atoms with Crippen molar-refractivity contribution in [3.8, 4) is 0 Å². The highest BCUT2D eigenvalue weighted by Crippen LogP contribution is 2.16. The van der Waals surface area contributed by atoms with Gasteiger partial charge in [-0.25, -0.2) is 0 Å². The van der Waals surface area contributed by atoms with Crippen LogP contribution < -0.4 is 0 Å². The minimum Gasteiger partial charge on any atom is -0.102 e. The second kappa shape index (κ2) is 5.28. The highest BCUT2D eigenvalue weighted by molar-refractivity contribution is 4.92.